The minimum Gasteiger partial charge on any atom is -0.305 e. The molecule has 6 rings (SSSR count). The summed E-state index contributed by atoms with van der Waals surface area (Å²) in [6.45, 7) is 12.7. The van der Waals surface area contributed by atoms with Crippen molar-refractivity contribution in [2.75, 3.05) is 0 Å². The minimum absolute atomic E-state index is 0. The molecule has 0 spiro atoms. The molecule has 0 fully saturated rings. The first-order valence-electron chi connectivity index (χ1n) is 16.5. The molecule has 3 aromatic heterocycles. The van der Waals surface area contributed by atoms with Crippen molar-refractivity contribution in [2.45, 2.75) is 66.0 Å². The molecule has 0 saturated carbocycles. The van der Waals surface area contributed by atoms with Crippen molar-refractivity contribution in [3.8, 4) is 22.5 Å². The number of aromatic nitrogens is 2. The van der Waals surface area contributed by atoms with Gasteiger partial charge in [0.15, 0.2) is 0 Å². The van der Waals surface area contributed by atoms with Crippen molar-refractivity contribution in [3.63, 3.8) is 0 Å². The number of aryl methyl sites for hydroxylation is 1. The fourth-order valence-corrected chi connectivity index (χ4v) is 7.88. The molecule has 0 saturated heterocycles. The first-order valence-corrected chi connectivity index (χ1v) is 18.8. The molecular weight excluding hydrogens is 756 g/mol. The van der Waals surface area contributed by atoms with E-state index >= 15 is 0 Å². The third-order valence-electron chi connectivity index (χ3n) is 7.45. The van der Waals surface area contributed by atoms with Gasteiger partial charge >= 0.3 is 0 Å². The van der Waals surface area contributed by atoms with E-state index in [4.69, 9.17) is 5.48 Å². The number of nitrogens with zero attached hydrogens (tertiary/aromatic N) is 2. The Morgan fingerprint density at radius 2 is 1.75 bits per heavy atom. The fourth-order valence-electron chi connectivity index (χ4n) is 5.08. The average Bonchev–Trinajstić information content (AvgIpc) is 3.40. The van der Waals surface area contributed by atoms with E-state index in [9.17, 15) is 4.39 Å². The summed E-state index contributed by atoms with van der Waals surface area (Å²) in [6, 6.07) is 26.3. The molecule has 0 aliphatic heterocycles. The molecular formula is C38H39FIrN2SSi-2. The van der Waals surface area contributed by atoms with Crippen LogP contribution in [0.3, 0.4) is 0 Å². The van der Waals surface area contributed by atoms with Gasteiger partial charge in [0.25, 0.3) is 0 Å². The number of hydrogen-bond donors (Lipinski definition) is 0. The molecule has 6 aromatic rings. The Morgan fingerprint density at radius 1 is 0.955 bits per heavy atom. The number of thiophene rings is 1. The Labute approximate surface area is 285 Å². The molecule has 44 heavy (non-hydrogen) atoms. The van der Waals surface area contributed by atoms with Crippen LogP contribution in [-0.4, -0.2) is 18.0 Å². The summed E-state index contributed by atoms with van der Waals surface area (Å²) in [6.07, 6.45) is 3.73. The smallest absolute Gasteiger partial charge is 0.130 e. The van der Waals surface area contributed by atoms with E-state index < -0.39 is 20.8 Å². The number of benzene rings is 3. The Kier molecular flexibility index (Phi) is 9.02. The van der Waals surface area contributed by atoms with Gasteiger partial charge in [0.2, 0.25) is 0 Å². The number of pyridine rings is 2. The molecule has 0 N–H and O–H groups in total. The van der Waals surface area contributed by atoms with E-state index in [0.717, 1.165) is 42.9 Å². The van der Waals surface area contributed by atoms with Gasteiger partial charge in [-0.25, -0.2) is 4.39 Å². The van der Waals surface area contributed by atoms with Gasteiger partial charge in [0.05, 0.1) is 8.07 Å². The van der Waals surface area contributed by atoms with Crippen LogP contribution < -0.4 is 5.19 Å². The fraction of sp³-hybridized carbons (Fsp3) is 0.263. The molecule has 0 unspecified atom stereocenters. The third kappa shape index (κ3) is 7.26. The maximum Gasteiger partial charge on any atom is 0.130 e. The average molecular weight is 799 g/mol. The van der Waals surface area contributed by atoms with Crippen molar-refractivity contribution in [3.05, 3.63) is 114 Å². The zero-order chi connectivity index (χ0) is 34.3. The van der Waals surface area contributed by atoms with Gasteiger partial charge in [0.1, 0.15) is 5.82 Å². The van der Waals surface area contributed by atoms with Crippen LogP contribution in [0.4, 0.5) is 4.39 Å². The minimum atomic E-state index is -2.13. The van der Waals surface area contributed by atoms with Gasteiger partial charge < -0.3 is 9.97 Å². The molecule has 229 valence electrons. The Hall–Kier alpha value is -3.02. The van der Waals surface area contributed by atoms with Crippen molar-refractivity contribution < 1.29 is 30.0 Å². The summed E-state index contributed by atoms with van der Waals surface area (Å²) in [5.74, 6) is -0.447. The van der Waals surface area contributed by atoms with Crippen molar-refractivity contribution in [1.82, 2.24) is 9.97 Å². The van der Waals surface area contributed by atoms with E-state index in [0.29, 0.717) is 11.3 Å². The SMILES string of the molecule is CC(C)c1ccnc(-c2[c-]ccc3c2sc2cccc(F)c23)c1.[2H]C([2H])([2H])c1c[c-]c(-c2cc(C([2H])(C)C)c([Si](C)(C)C)cn2)cc1.[Ir]. The zero-order valence-electron chi connectivity index (χ0n) is 30.1. The molecule has 0 aliphatic rings. The number of hydrogen-bond acceptors (Lipinski definition) is 3. The van der Waals surface area contributed by atoms with Crippen molar-refractivity contribution >= 4 is 44.8 Å². The Bertz CT molecular complexity index is 2050. The van der Waals surface area contributed by atoms with Gasteiger partial charge in [-0.2, -0.15) is 11.3 Å². The molecule has 0 atom stereocenters. The topological polar surface area (TPSA) is 25.8 Å². The summed E-state index contributed by atoms with van der Waals surface area (Å²) in [7, 11) is -1.61. The molecule has 1 radical (unpaired) electrons. The summed E-state index contributed by atoms with van der Waals surface area (Å²) < 4.78 is 47.0. The molecule has 0 amide bonds. The third-order valence-corrected chi connectivity index (χ3v) is 10.7. The van der Waals surface area contributed by atoms with E-state index in [1.165, 1.54) is 22.9 Å². The largest absolute Gasteiger partial charge is 0.305 e. The maximum absolute atomic E-state index is 14.2. The van der Waals surface area contributed by atoms with Gasteiger partial charge in [0, 0.05) is 48.1 Å². The van der Waals surface area contributed by atoms with Gasteiger partial charge in [-0.05, 0) is 51.3 Å². The van der Waals surface area contributed by atoms with Crippen LogP contribution in [0.1, 0.15) is 61.7 Å². The monoisotopic (exact) mass is 799 g/mol. The zero-order valence-corrected chi connectivity index (χ0v) is 30.3. The molecule has 0 aliphatic carbocycles. The van der Waals surface area contributed by atoms with Crippen LogP contribution in [0, 0.1) is 24.8 Å². The summed E-state index contributed by atoms with van der Waals surface area (Å²) in [5, 5.41) is 2.82. The summed E-state index contributed by atoms with van der Waals surface area (Å²) >= 11 is 1.60. The predicted molar refractivity (Wildman–Crippen MR) is 186 cm³/mol. The standard InChI is InChI=1S/C20H15FNS.C18H24NSi.Ir/c1-12(2)13-9-10-22-17(11-13)14-5-3-6-15-19-16(21)7-4-8-18(19)23-20(14)15;1-13(2)16-11-17(15-9-7-14(3)8-10-15)19-12-18(16)20(4,5)6;/h3-4,6-12H,1-2H3;7-9,11-13H,1-6H3;/q2*-1;/i;3D3,13D;. The first kappa shape index (κ1) is 28.5. The van der Waals surface area contributed by atoms with Crippen molar-refractivity contribution in [1.29, 1.82) is 0 Å². The second kappa shape index (κ2) is 14.0. The van der Waals surface area contributed by atoms with Crippen LogP contribution in [0.5, 0.6) is 0 Å². The van der Waals surface area contributed by atoms with Crippen molar-refractivity contribution in [2.24, 2.45) is 0 Å². The van der Waals surface area contributed by atoms with E-state index in [1.807, 2.05) is 56.6 Å². The van der Waals surface area contributed by atoms with Crippen LogP contribution in [0.15, 0.2) is 79.1 Å². The van der Waals surface area contributed by atoms with Crippen LogP contribution in [0.2, 0.25) is 19.6 Å². The maximum atomic E-state index is 14.2. The van der Waals surface area contributed by atoms with Crippen LogP contribution >= 0.6 is 11.3 Å². The summed E-state index contributed by atoms with van der Waals surface area (Å²) in [5.41, 5.74) is 5.82. The number of fused-ring (bicyclic) bond motifs is 3. The quantitative estimate of drug-likeness (QED) is 0.128. The summed E-state index contributed by atoms with van der Waals surface area (Å²) in [4.78, 5) is 9.08. The molecule has 3 heterocycles. The van der Waals surface area contributed by atoms with E-state index in [2.05, 4.69) is 61.7 Å². The second-order valence-corrected chi connectivity index (χ2v) is 18.4. The van der Waals surface area contributed by atoms with Gasteiger partial charge in [-0.3, -0.25) is 0 Å². The molecule has 6 heteroatoms. The number of halogens is 1. The second-order valence-electron chi connectivity index (χ2n) is 12.3. The van der Waals surface area contributed by atoms with Crippen LogP contribution in [-0.2, 0) is 20.1 Å². The van der Waals surface area contributed by atoms with E-state index in [1.54, 1.807) is 29.5 Å². The first-order chi connectivity index (χ1) is 21.9. The molecule has 3 aromatic carbocycles. The Morgan fingerprint density at radius 3 is 2.41 bits per heavy atom. The predicted octanol–water partition coefficient (Wildman–Crippen LogP) is 10.7. The van der Waals surface area contributed by atoms with Gasteiger partial charge in [-0.15, -0.1) is 59.2 Å². The molecule has 0 bridgehead atoms. The van der Waals surface area contributed by atoms with E-state index in [-0.39, 0.29) is 31.5 Å². The van der Waals surface area contributed by atoms with Crippen LogP contribution in [0.25, 0.3) is 42.7 Å². The normalized spacial score (nSPS) is 13.4. The number of rotatable bonds is 5. The molecule has 2 nitrogen and oxygen atoms in total. The Balaban J connectivity index is 0.000000212. The van der Waals surface area contributed by atoms with Gasteiger partial charge in [-0.1, -0.05) is 88.9 Å².